The van der Waals surface area contributed by atoms with Crippen LogP contribution in [0.15, 0.2) is 178 Å². The van der Waals surface area contributed by atoms with Crippen molar-refractivity contribution in [3.8, 4) is 11.1 Å². The van der Waals surface area contributed by atoms with Gasteiger partial charge in [-0.2, -0.15) is 0 Å². The van der Waals surface area contributed by atoms with Crippen LogP contribution in [0.1, 0.15) is 39.3 Å². The number of nitrogens with two attached hydrogens (primary N) is 1. The second kappa shape index (κ2) is 13.1. The largest absolute Gasteiger partial charge is 0.456 e. The second-order valence-corrected chi connectivity index (χ2v) is 13.2. The van der Waals surface area contributed by atoms with Gasteiger partial charge in [0.2, 0.25) is 0 Å². The summed E-state index contributed by atoms with van der Waals surface area (Å²) < 4.78 is 6.21. The molecule has 1 unspecified atom stereocenters. The zero-order valence-electron chi connectivity index (χ0n) is 28.0. The molecule has 0 bridgehead atoms. The number of furan rings is 1. The molecule has 51 heavy (non-hydrogen) atoms. The molecule has 0 radical (unpaired) electrons. The fourth-order valence-electron chi connectivity index (χ4n) is 7.30. The Morgan fingerprint density at radius 2 is 1.41 bits per heavy atom. The van der Waals surface area contributed by atoms with Gasteiger partial charge in [0.05, 0.1) is 6.54 Å². The van der Waals surface area contributed by atoms with Gasteiger partial charge in [-0.15, -0.1) is 0 Å². The Balaban J connectivity index is 1.06. The average Bonchev–Trinajstić information content (AvgIpc) is 3.58. The number of benzene rings is 7. The van der Waals surface area contributed by atoms with Crippen LogP contribution in [-0.2, 0) is 13.0 Å². The third-order valence-electron chi connectivity index (χ3n) is 9.90. The van der Waals surface area contributed by atoms with Crippen LogP contribution in [0.25, 0.3) is 49.9 Å². The summed E-state index contributed by atoms with van der Waals surface area (Å²) in [4.78, 5) is 10.1. The van der Waals surface area contributed by atoms with Gasteiger partial charge in [-0.25, -0.2) is 4.99 Å². The van der Waals surface area contributed by atoms with Gasteiger partial charge in [-0.05, 0) is 80.9 Å². The molecule has 9 rings (SSSR count). The number of hydrogen-bond donors (Lipinski definition) is 1. The van der Waals surface area contributed by atoms with Crippen LogP contribution in [-0.4, -0.2) is 11.7 Å². The van der Waals surface area contributed by atoms with E-state index in [0.717, 1.165) is 50.6 Å². The standard InChI is InChI=1S/C47H35N3O/c48-46(38-24-21-34-20-23-37(28-40(34)29-38)41-17-9-19-44-45(41)42-16-6-7-18-43(42)51-44)50-47(39-25-22-33-13-4-5-14-36(33)27-39)49-30-31-10-8-15-35(26-31)32-11-2-1-3-12-32/h1-27,29,37H,28,30H2,(H2,48,49,50). The number of aliphatic imine (C=N–C) groups is 2. The molecule has 0 saturated heterocycles. The first-order chi connectivity index (χ1) is 25.2. The lowest BCUT2D eigenvalue weighted by Crippen LogP contribution is -2.17. The summed E-state index contributed by atoms with van der Waals surface area (Å²) in [5.74, 6) is 1.26. The molecule has 1 atom stereocenters. The third-order valence-corrected chi connectivity index (χ3v) is 9.90. The van der Waals surface area contributed by atoms with Crippen molar-refractivity contribution in [2.75, 3.05) is 0 Å². The maximum Gasteiger partial charge on any atom is 0.157 e. The zero-order valence-corrected chi connectivity index (χ0v) is 28.0. The number of hydrogen-bond acceptors (Lipinski definition) is 2. The number of nitrogens with zero attached hydrogens (tertiary/aromatic N) is 2. The summed E-state index contributed by atoms with van der Waals surface area (Å²) in [6.07, 6.45) is 5.40. The van der Waals surface area contributed by atoms with E-state index in [1.165, 1.54) is 33.0 Å². The van der Waals surface area contributed by atoms with Crippen LogP contribution in [0.4, 0.5) is 0 Å². The van der Waals surface area contributed by atoms with Crippen LogP contribution < -0.4 is 5.73 Å². The number of para-hydroxylation sites is 1. The Bertz CT molecular complexity index is 2660. The van der Waals surface area contributed by atoms with Crippen LogP contribution in [0, 0.1) is 0 Å². The van der Waals surface area contributed by atoms with Gasteiger partial charge in [0, 0.05) is 27.8 Å². The van der Waals surface area contributed by atoms with E-state index >= 15 is 0 Å². The number of amidine groups is 2. The van der Waals surface area contributed by atoms with E-state index in [9.17, 15) is 0 Å². The van der Waals surface area contributed by atoms with Crippen molar-refractivity contribution in [3.05, 3.63) is 197 Å². The fourth-order valence-corrected chi connectivity index (χ4v) is 7.30. The molecule has 0 fully saturated rings. The van der Waals surface area contributed by atoms with Gasteiger partial charge < -0.3 is 10.2 Å². The van der Waals surface area contributed by atoms with Gasteiger partial charge in [-0.1, -0.05) is 140 Å². The van der Waals surface area contributed by atoms with Gasteiger partial charge in [0.1, 0.15) is 17.0 Å². The maximum atomic E-state index is 6.86. The van der Waals surface area contributed by atoms with Gasteiger partial charge >= 0.3 is 0 Å². The van der Waals surface area contributed by atoms with E-state index < -0.39 is 0 Å². The first-order valence-electron chi connectivity index (χ1n) is 17.4. The summed E-state index contributed by atoms with van der Waals surface area (Å²) in [6.45, 7) is 0.477. The van der Waals surface area contributed by atoms with Crippen molar-refractivity contribution in [3.63, 3.8) is 0 Å². The SMILES string of the molecule is NC(=NC(=NCc1cccc(-c2ccccc2)c1)c1ccc2ccccc2c1)c1ccc2c(c1)CC(c1cccc3oc4ccccc4c13)C=C2. The summed E-state index contributed by atoms with van der Waals surface area (Å²) in [7, 11) is 0. The molecule has 4 nitrogen and oxygen atoms in total. The fraction of sp³-hybridized carbons (Fsp3) is 0.0638. The molecule has 1 heterocycles. The molecule has 0 amide bonds. The first kappa shape index (κ1) is 30.5. The average molecular weight is 658 g/mol. The van der Waals surface area contributed by atoms with E-state index in [2.05, 4.69) is 152 Å². The quantitative estimate of drug-likeness (QED) is 0.143. The molecule has 1 aliphatic rings. The van der Waals surface area contributed by atoms with Crippen LogP contribution >= 0.6 is 0 Å². The zero-order chi connectivity index (χ0) is 34.1. The van der Waals surface area contributed by atoms with Crippen molar-refractivity contribution in [2.45, 2.75) is 18.9 Å². The third kappa shape index (κ3) is 6.02. The van der Waals surface area contributed by atoms with Crippen LogP contribution in [0.2, 0.25) is 0 Å². The molecule has 1 aliphatic carbocycles. The Hall–Kier alpha value is -6.52. The minimum absolute atomic E-state index is 0.206. The Kier molecular flexibility index (Phi) is 7.82. The molecule has 2 N–H and O–H groups in total. The normalized spacial score (nSPS) is 14.7. The highest BCUT2D eigenvalue weighted by atomic mass is 16.3. The van der Waals surface area contributed by atoms with Gasteiger partial charge in [0.15, 0.2) is 5.84 Å². The minimum Gasteiger partial charge on any atom is -0.456 e. The Morgan fingerprint density at radius 3 is 2.33 bits per heavy atom. The first-order valence-corrected chi connectivity index (χ1v) is 17.4. The van der Waals surface area contributed by atoms with Crippen molar-refractivity contribution in [2.24, 2.45) is 15.7 Å². The van der Waals surface area contributed by atoms with Gasteiger partial charge in [0.25, 0.3) is 0 Å². The predicted octanol–water partition coefficient (Wildman–Crippen LogP) is 11.1. The molecular weight excluding hydrogens is 623 g/mol. The van der Waals surface area contributed by atoms with E-state index in [1.54, 1.807) is 0 Å². The Labute approximate surface area is 296 Å². The highest BCUT2D eigenvalue weighted by molar-refractivity contribution is 6.12. The maximum absolute atomic E-state index is 6.86. The van der Waals surface area contributed by atoms with Gasteiger partial charge in [-0.3, -0.25) is 4.99 Å². The summed E-state index contributed by atoms with van der Waals surface area (Å²) in [6, 6.07) is 54.7. The Morgan fingerprint density at radius 1 is 0.647 bits per heavy atom. The molecule has 244 valence electrons. The van der Waals surface area contributed by atoms with Crippen LogP contribution in [0.5, 0.6) is 0 Å². The van der Waals surface area contributed by atoms with Crippen LogP contribution in [0.3, 0.4) is 0 Å². The van der Waals surface area contributed by atoms with E-state index in [1.807, 2.05) is 18.2 Å². The molecule has 0 spiro atoms. The molecule has 7 aromatic carbocycles. The number of fused-ring (bicyclic) bond motifs is 5. The number of rotatable bonds is 6. The van der Waals surface area contributed by atoms with Crippen molar-refractivity contribution in [1.29, 1.82) is 0 Å². The topological polar surface area (TPSA) is 63.9 Å². The minimum atomic E-state index is 0.206. The van der Waals surface area contributed by atoms with Crippen molar-refractivity contribution < 1.29 is 4.42 Å². The lowest BCUT2D eigenvalue weighted by Gasteiger charge is -2.21. The van der Waals surface area contributed by atoms with E-state index in [-0.39, 0.29) is 5.92 Å². The van der Waals surface area contributed by atoms with E-state index in [0.29, 0.717) is 18.2 Å². The predicted molar refractivity (Wildman–Crippen MR) is 212 cm³/mol. The molecule has 1 aromatic heterocycles. The van der Waals surface area contributed by atoms with Crippen molar-refractivity contribution in [1.82, 2.24) is 0 Å². The lowest BCUT2D eigenvalue weighted by atomic mass is 9.83. The molecule has 8 aromatic rings. The molecule has 0 saturated carbocycles. The number of allylic oxidation sites excluding steroid dienone is 1. The van der Waals surface area contributed by atoms with E-state index in [4.69, 9.17) is 20.1 Å². The molecule has 0 aliphatic heterocycles. The molecular formula is C47H35N3O. The molecule has 4 heteroatoms. The smallest absolute Gasteiger partial charge is 0.157 e. The van der Waals surface area contributed by atoms with Crippen molar-refractivity contribution >= 4 is 50.5 Å². The summed E-state index contributed by atoms with van der Waals surface area (Å²) in [5.41, 5.74) is 17.7. The highest BCUT2D eigenvalue weighted by Crippen LogP contribution is 2.38. The summed E-state index contributed by atoms with van der Waals surface area (Å²) in [5, 5.41) is 4.65. The highest BCUT2D eigenvalue weighted by Gasteiger charge is 2.21. The lowest BCUT2D eigenvalue weighted by molar-refractivity contribution is 0.668. The second-order valence-electron chi connectivity index (χ2n) is 13.2. The summed E-state index contributed by atoms with van der Waals surface area (Å²) >= 11 is 0. The monoisotopic (exact) mass is 657 g/mol.